The molecule has 0 aliphatic rings. The molecule has 1 aromatic heterocycles. The van der Waals surface area contributed by atoms with Crippen LogP contribution in [0.15, 0.2) is 54.7 Å². The minimum Gasteiger partial charge on any atom is -0.339 e. The van der Waals surface area contributed by atoms with Crippen molar-refractivity contribution in [1.29, 1.82) is 0 Å². The zero-order valence-corrected chi connectivity index (χ0v) is 12.5. The van der Waals surface area contributed by atoms with Crippen LogP contribution in [-0.2, 0) is 6.18 Å². The predicted molar refractivity (Wildman–Crippen MR) is 84.2 cm³/mol. The predicted octanol–water partition coefficient (Wildman–Crippen LogP) is 4.52. The van der Waals surface area contributed by atoms with Gasteiger partial charge < -0.3 is 10.6 Å². The van der Waals surface area contributed by atoms with Crippen molar-refractivity contribution in [3.05, 3.63) is 66.1 Å². The van der Waals surface area contributed by atoms with E-state index in [1.54, 1.807) is 6.07 Å². The van der Waals surface area contributed by atoms with Crippen molar-refractivity contribution in [2.45, 2.75) is 6.18 Å². The quantitative estimate of drug-likeness (QED) is 0.678. The van der Waals surface area contributed by atoms with Gasteiger partial charge in [-0.15, -0.1) is 5.10 Å². The number of aromatic nitrogens is 3. The molecule has 0 aliphatic heterocycles. The summed E-state index contributed by atoms with van der Waals surface area (Å²) in [5.74, 6) is -0.0341. The average Bonchev–Trinajstić information content (AvgIpc) is 2.55. The maximum Gasteiger partial charge on any atom is 0.416 e. The highest BCUT2D eigenvalue weighted by Crippen LogP contribution is 2.30. The molecule has 128 valence electrons. The number of alkyl halides is 3. The van der Waals surface area contributed by atoms with Crippen LogP contribution in [0.3, 0.4) is 0 Å². The van der Waals surface area contributed by atoms with Crippen LogP contribution in [0, 0.1) is 5.82 Å². The smallest absolute Gasteiger partial charge is 0.339 e. The molecule has 3 rings (SSSR count). The highest BCUT2D eigenvalue weighted by atomic mass is 19.4. The molecule has 2 N–H and O–H groups in total. The van der Waals surface area contributed by atoms with Gasteiger partial charge in [-0.3, -0.25) is 0 Å². The van der Waals surface area contributed by atoms with Crippen molar-refractivity contribution in [3.63, 3.8) is 0 Å². The summed E-state index contributed by atoms with van der Waals surface area (Å²) >= 11 is 0. The Morgan fingerprint density at radius 2 is 1.64 bits per heavy atom. The Balaban J connectivity index is 1.73. The van der Waals surface area contributed by atoms with Crippen LogP contribution >= 0.6 is 0 Å². The Kier molecular flexibility index (Phi) is 4.46. The molecule has 0 amide bonds. The van der Waals surface area contributed by atoms with Crippen LogP contribution in [0.5, 0.6) is 0 Å². The fourth-order valence-electron chi connectivity index (χ4n) is 2.00. The molecule has 0 radical (unpaired) electrons. The lowest BCUT2D eigenvalue weighted by molar-refractivity contribution is -0.137. The summed E-state index contributed by atoms with van der Waals surface area (Å²) in [6, 6.07) is 10.2. The second kappa shape index (κ2) is 6.71. The van der Waals surface area contributed by atoms with Gasteiger partial charge in [0.05, 0.1) is 11.8 Å². The maximum atomic E-state index is 13.2. The van der Waals surface area contributed by atoms with E-state index in [-0.39, 0.29) is 11.8 Å². The van der Waals surface area contributed by atoms with Crippen molar-refractivity contribution >= 4 is 23.1 Å². The number of hydrogen-bond donors (Lipinski definition) is 2. The van der Waals surface area contributed by atoms with Gasteiger partial charge in [0.25, 0.3) is 0 Å². The van der Waals surface area contributed by atoms with Crippen LogP contribution in [0.2, 0.25) is 0 Å². The first-order valence-corrected chi connectivity index (χ1v) is 7.07. The zero-order valence-electron chi connectivity index (χ0n) is 12.5. The number of nitrogens with one attached hydrogen (secondary N) is 2. The average molecular weight is 349 g/mol. The number of halogens is 4. The lowest BCUT2D eigenvalue weighted by Crippen LogP contribution is -2.05. The normalized spacial score (nSPS) is 11.2. The Bertz CT molecular complexity index is 865. The van der Waals surface area contributed by atoms with Crippen LogP contribution < -0.4 is 10.6 Å². The number of anilines is 4. The van der Waals surface area contributed by atoms with Gasteiger partial charge >= 0.3 is 6.18 Å². The van der Waals surface area contributed by atoms with Crippen LogP contribution in [-0.4, -0.2) is 15.2 Å². The molecule has 9 heteroatoms. The van der Waals surface area contributed by atoms with Gasteiger partial charge in [0.1, 0.15) is 5.82 Å². The molecule has 0 unspecified atom stereocenters. The molecule has 0 spiro atoms. The molecule has 1 heterocycles. The number of hydrogen-bond acceptors (Lipinski definition) is 5. The van der Waals surface area contributed by atoms with Gasteiger partial charge in [0.15, 0.2) is 5.82 Å². The van der Waals surface area contributed by atoms with Crippen molar-refractivity contribution in [1.82, 2.24) is 15.2 Å². The van der Waals surface area contributed by atoms with Crippen molar-refractivity contribution < 1.29 is 17.6 Å². The summed E-state index contributed by atoms with van der Waals surface area (Å²) in [4.78, 5) is 4.12. The third-order valence-electron chi connectivity index (χ3n) is 3.12. The van der Waals surface area contributed by atoms with E-state index in [1.807, 2.05) is 0 Å². The van der Waals surface area contributed by atoms with Gasteiger partial charge in [0, 0.05) is 11.4 Å². The SMILES string of the molecule is Fc1cccc(Nc2nncc(Nc3ccc(C(F)(F)F)cc3)n2)c1. The van der Waals surface area contributed by atoms with E-state index in [9.17, 15) is 17.6 Å². The monoisotopic (exact) mass is 349 g/mol. The minimum absolute atomic E-state index is 0.113. The summed E-state index contributed by atoms with van der Waals surface area (Å²) in [6.45, 7) is 0. The van der Waals surface area contributed by atoms with Gasteiger partial charge in [-0.25, -0.2) is 4.39 Å². The summed E-state index contributed by atoms with van der Waals surface area (Å²) < 4.78 is 50.8. The van der Waals surface area contributed by atoms with E-state index in [2.05, 4.69) is 25.8 Å². The molecule has 3 aromatic rings. The summed E-state index contributed by atoms with van der Waals surface area (Å²) in [7, 11) is 0. The maximum absolute atomic E-state index is 13.2. The Hall–Kier alpha value is -3.23. The molecule has 2 aromatic carbocycles. The molecule has 0 saturated heterocycles. The number of nitrogens with zero attached hydrogens (tertiary/aromatic N) is 3. The Morgan fingerprint density at radius 3 is 2.32 bits per heavy atom. The molecule has 0 bridgehead atoms. The molecule has 0 fully saturated rings. The molecule has 0 saturated carbocycles. The van der Waals surface area contributed by atoms with Crippen molar-refractivity contribution in [3.8, 4) is 0 Å². The van der Waals surface area contributed by atoms with Gasteiger partial charge in [-0.2, -0.15) is 23.3 Å². The Morgan fingerprint density at radius 1 is 0.880 bits per heavy atom. The third-order valence-corrected chi connectivity index (χ3v) is 3.12. The highest BCUT2D eigenvalue weighted by molar-refractivity contribution is 5.58. The van der Waals surface area contributed by atoms with E-state index in [4.69, 9.17) is 0 Å². The molecule has 5 nitrogen and oxygen atoms in total. The summed E-state index contributed by atoms with van der Waals surface area (Å²) in [5.41, 5.74) is 0.103. The molecule has 0 atom stereocenters. The van der Waals surface area contributed by atoms with Crippen LogP contribution in [0.1, 0.15) is 5.56 Å². The first kappa shape index (κ1) is 16.6. The lowest BCUT2D eigenvalue weighted by atomic mass is 10.2. The molecule has 0 aliphatic carbocycles. The van der Waals surface area contributed by atoms with Gasteiger partial charge in [0.2, 0.25) is 5.95 Å². The Labute approximate surface area is 139 Å². The van der Waals surface area contributed by atoms with Crippen LogP contribution in [0.4, 0.5) is 40.7 Å². The number of benzene rings is 2. The van der Waals surface area contributed by atoms with E-state index in [0.717, 1.165) is 12.1 Å². The molecular formula is C16H11F4N5. The minimum atomic E-state index is -4.39. The van der Waals surface area contributed by atoms with Crippen molar-refractivity contribution in [2.24, 2.45) is 0 Å². The lowest BCUT2D eigenvalue weighted by Gasteiger charge is -2.09. The second-order valence-electron chi connectivity index (χ2n) is 5.00. The molecule has 25 heavy (non-hydrogen) atoms. The third kappa shape index (κ3) is 4.40. The van der Waals surface area contributed by atoms with Gasteiger partial charge in [-0.05, 0) is 42.5 Å². The summed E-state index contributed by atoms with van der Waals surface area (Å²) in [5, 5.41) is 13.1. The largest absolute Gasteiger partial charge is 0.416 e. The summed E-state index contributed by atoms with van der Waals surface area (Å²) in [6.07, 6.45) is -3.08. The fraction of sp³-hybridized carbons (Fsp3) is 0.0625. The van der Waals surface area contributed by atoms with Crippen LogP contribution in [0.25, 0.3) is 0 Å². The van der Waals surface area contributed by atoms with E-state index >= 15 is 0 Å². The van der Waals surface area contributed by atoms with Gasteiger partial charge in [-0.1, -0.05) is 6.07 Å². The number of rotatable bonds is 4. The van der Waals surface area contributed by atoms with E-state index in [1.165, 1.54) is 36.5 Å². The highest BCUT2D eigenvalue weighted by Gasteiger charge is 2.29. The van der Waals surface area contributed by atoms with E-state index < -0.39 is 17.6 Å². The first-order valence-electron chi connectivity index (χ1n) is 7.07. The first-order chi connectivity index (χ1) is 11.9. The fourth-order valence-corrected chi connectivity index (χ4v) is 2.00. The standard InChI is InChI=1S/C16H11F4N5/c17-11-2-1-3-13(8-11)23-15-24-14(9-21-25-15)22-12-6-4-10(5-7-12)16(18,19)20/h1-9H,(H2,22,23,24,25). The second-order valence-corrected chi connectivity index (χ2v) is 5.00. The van der Waals surface area contributed by atoms with E-state index in [0.29, 0.717) is 11.4 Å². The molecular weight excluding hydrogens is 338 g/mol. The zero-order chi connectivity index (χ0) is 17.9. The topological polar surface area (TPSA) is 62.7 Å². The van der Waals surface area contributed by atoms with Crippen molar-refractivity contribution in [2.75, 3.05) is 10.6 Å².